The lowest BCUT2D eigenvalue weighted by molar-refractivity contribution is -0.121. The molecular formula is C27H29N3O4. The molecule has 0 bridgehead atoms. The van der Waals surface area contributed by atoms with Gasteiger partial charge in [0.2, 0.25) is 11.7 Å². The first kappa shape index (κ1) is 23.2. The zero-order valence-electron chi connectivity index (χ0n) is 19.6. The number of nitrogens with one attached hydrogen (secondary N) is 2. The van der Waals surface area contributed by atoms with Gasteiger partial charge in [-0.05, 0) is 48.2 Å². The van der Waals surface area contributed by atoms with Crippen LogP contribution in [-0.4, -0.2) is 37.2 Å². The third-order valence-electron chi connectivity index (χ3n) is 5.72. The molecule has 7 heteroatoms. The summed E-state index contributed by atoms with van der Waals surface area (Å²) in [7, 11) is 4.73. The number of para-hydroxylation sites is 2. The van der Waals surface area contributed by atoms with Gasteiger partial charge in [-0.25, -0.2) is 4.98 Å². The number of amides is 1. The second kappa shape index (κ2) is 10.7. The van der Waals surface area contributed by atoms with Crippen LogP contribution >= 0.6 is 0 Å². The average molecular weight is 460 g/mol. The Labute approximate surface area is 199 Å². The van der Waals surface area contributed by atoms with Crippen LogP contribution < -0.4 is 19.5 Å². The second-order valence-corrected chi connectivity index (χ2v) is 7.98. The first-order valence-electron chi connectivity index (χ1n) is 11.2. The fraction of sp³-hybridized carbons (Fsp3) is 0.259. The number of hydrogen-bond acceptors (Lipinski definition) is 5. The zero-order chi connectivity index (χ0) is 23.9. The molecule has 0 radical (unpaired) electrons. The summed E-state index contributed by atoms with van der Waals surface area (Å²) in [6, 6.07) is 21.4. The number of imidazole rings is 1. The molecule has 7 nitrogen and oxygen atoms in total. The normalized spacial score (nSPS) is 11.7. The summed E-state index contributed by atoms with van der Waals surface area (Å²) in [5, 5.41) is 3.17. The Morgan fingerprint density at radius 3 is 2.24 bits per heavy atom. The molecule has 1 amide bonds. The van der Waals surface area contributed by atoms with Crippen LogP contribution in [0.5, 0.6) is 17.2 Å². The van der Waals surface area contributed by atoms with Crippen molar-refractivity contribution in [1.82, 2.24) is 15.3 Å². The highest BCUT2D eigenvalue weighted by molar-refractivity contribution is 5.78. The van der Waals surface area contributed by atoms with Crippen LogP contribution in [0.1, 0.15) is 29.4 Å². The van der Waals surface area contributed by atoms with Gasteiger partial charge in [0.05, 0.1) is 38.4 Å². The molecule has 0 saturated heterocycles. The van der Waals surface area contributed by atoms with Crippen LogP contribution in [0.15, 0.2) is 66.7 Å². The van der Waals surface area contributed by atoms with Gasteiger partial charge in [-0.15, -0.1) is 0 Å². The highest BCUT2D eigenvalue weighted by Gasteiger charge is 2.20. The predicted molar refractivity (Wildman–Crippen MR) is 132 cm³/mol. The maximum atomic E-state index is 13.0. The molecule has 4 rings (SSSR count). The van der Waals surface area contributed by atoms with E-state index in [0.29, 0.717) is 36.5 Å². The van der Waals surface area contributed by atoms with Crippen molar-refractivity contribution in [2.45, 2.75) is 25.3 Å². The third kappa shape index (κ3) is 5.31. The van der Waals surface area contributed by atoms with Crippen LogP contribution in [0.4, 0.5) is 0 Å². The molecule has 0 saturated carbocycles. The maximum absolute atomic E-state index is 13.0. The molecular weight excluding hydrogens is 430 g/mol. The van der Waals surface area contributed by atoms with Crippen molar-refractivity contribution in [3.8, 4) is 17.2 Å². The Morgan fingerprint density at radius 2 is 1.59 bits per heavy atom. The van der Waals surface area contributed by atoms with Gasteiger partial charge >= 0.3 is 0 Å². The number of aromatic amines is 1. The Hall–Kier alpha value is -4.00. The molecule has 0 aliphatic rings. The van der Waals surface area contributed by atoms with E-state index in [9.17, 15) is 4.79 Å². The maximum Gasteiger partial charge on any atom is 0.220 e. The number of rotatable bonds is 10. The summed E-state index contributed by atoms with van der Waals surface area (Å²) in [5.41, 5.74) is 3.87. The number of aromatic nitrogens is 2. The minimum atomic E-state index is -0.276. The Balaban J connectivity index is 1.50. The van der Waals surface area contributed by atoms with Crippen LogP contribution in [0.2, 0.25) is 0 Å². The smallest absolute Gasteiger partial charge is 0.220 e. The molecule has 0 spiro atoms. The number of hydrogen-bond donors (Lipinski definition) is 2. The minimum absolute atomic E-state index is 0.0601. The fourth-order valence-electron chi connectivity index (χ4n) is 4.01. The highest BCUT2D eigenvalue weighted by atomic mass is 16.5. The number of carbonyl (C=O) groups is 1. The number of benzene rings is 3. The molecule has 176 valence electrons. The number of nitrogens with zero attached hydrogens (tertiary/aromatic N) is 1. The zero-order valence-corrected chi connectivity index (χ0v) is 19.6. The van der Waals surface area contributed by atoms with Crippen LogP contribution in [0, 0.1) is 0 Å². The molecule has 0 aliphatic heterocycles. The second-order valence-electron chi connectivity index (χ2n) is 7.98. The van der Waals surface area contributed by atoms with Gasteiger partial charge < -0.3 is 24.5 Å². The Morgan fingerprint density at radius 1 is 0.912 bits per heavy atom. The summed E-state index contributed by atoms with van der Waals surface area (Å²) in [6.45, 7) is 0. The SMILES string of the molecule is COc1cc(CCC(=O)N[C@@H](Cc2ccccc2)c2nc3ccccc3[nH]2)cc(OC)c1OC. The van der Waals surface area contributed by atoms with Crippen molar-refractivity contribution in [3.05, 3.63) is 83.7 Å². The van der Waals surface area contributed by atoms with E-state index in [0.717, 1.165) is 28.0 Å². The Kier molecular flexibility index (Phi) is 7.32. The number of H-pyrrole nitrogens is 1. The molecule has 34 heavy (non-hydrogen) atoms. The number of carbonyl (C=O) groups excluding carboxylic acids is 1. The van der Waals surface area contributed by atoms with E-state index in [-0.39, 0.29) is 11.9 Å². The van der Waals surface area contributed by atoms with Gasteiger partial charge in [0.15, 0.2) is 11.5 Å². The summed E-state index contributed by atoms with van der Waals surface area (Å²) in [6.07, 6.45) is 1.47. The molecule has 1 atom stereocenters. The van der Waals surface area contributed by atoms with Crippen molar-refractivity contribution in [2.24, 2.45) is 0 Å². The first-order chi connectivity index (χ1) is 16.6. The highest BCUT2D eigenvalue weighted by Crippen LogP contribution is 2.38. The topological polar surface area (TPSA) is 85.5 Å². The molecule has 0 fully saturated rings. The van der Waals surface area contributed by atoms with Crippen LogP contribution in [0.25, 0.3) is 11.0 Å². The van der Waals surface area contributed by atoms with Gasteiger partial charge in [-0.1, -0.05) is 42.5 Å². The number of aryl methyl sites for hydroxylation is 1. The average Bonchev–Trinajstić information content (AvgIpc) is 3.31. The van der Waals surface area contributed by atoms with Crippen LogP contribution in [-0.2, 0) is 17.6 Å². The summed E-state index contributed by atoms with van der Waals surface area (Å²) >= 11 is 0. The van der Waals surface area contributed by atoms with E-state index >= 15 is 0 Å². The van der Waals surface area contributed by atoms with Crippen LogP contribution in [0.3, 0.4) is 0 Å². The van der Waals surface area contributed by atoms with Crippen molar-refractivity contribution < 1.29 is 19.0 Å². The third-order valence-corrected chi connectivity index (χ3v) is 5.72. The van der Waals surface area contributed by atoms with Gasteiger partial charge in [-0.2, -0.15) is 0 Å². The lowest BCUT2D eigenvalue weighted by atomic mass is 10.0. The lowest BCUT2D eigenvalue weighted by Crippen LogP contribution is -2.31. The van der Waals surface area contributed by atoms with Gasteiger partial charge in [-0.3, -0.25) is 4.79 Å². The van der Waals surface area contributed by atoms with Gasteiger partial charge in [0.1, 0.15) is 5.82 Å². The van der Waals surface area contributed by atoms with Crippen molar-refractivity contribution in [3.63, 3.8) is 0 Å². The van der Waals surface area contributed by atoms with Gasteiger partial charge in [0.25, 0.3) is 0 Å². The van der Waals surface area contributed by atoms with E-state index in [1.54, 1.807) is 21.3 Å². The van der Waals surface area contributed by atoms with Gasteiger partial charge in [0, 0.05) is 6.42 Å². The molecule has 3 aromatic carbocycles. The molecule has 4 aromatic rings. The molecule has 2 N–H and O–H groups in total. The number of methoxy groups -OCH3 is 3. The van der Waals surface area contributed by atoms with E-state index in [1.165, 1.54) is 0 Å². The summed E-state index contributed by atoms with van der Waals surface area (Å²) in [4.78, 5) is 21.1. The minimum Gasteiger partial charge on any atom is -0.493 e. The van der Waals surface area contributed by atoms with E-state index in [1.807, 2.05) is 54.6 Å². The van der Waals surface area contributed by atoms with Crippen molar-refractivity contribution in [2.75, 3.05) is 21.3 Å². The number of ether oxygens (including phenoxy) is 3. The lowest BCUT2D eigenvalue weighted by Gasteiger charge is -2.18. The molecule has 0 aliphatic carbocycles. The molecule has 1 aromatic heterocycles. The predicted octanol–water partition coefficient (Wildman–Crippen LogP) is 4.62. The van der Waals surface area contributed by atoms with Crippen molar-refractivity contribution >= 4 is 16.9 Å². The first-order valence-corrected chi connectivity index (χ1v) is 11.2. The van der Waals surface area contributed by atoms with E-state index in [4.69, 9.17) is 19.2 Å². The number of fused-ring (bicyclic) bond motifs is 1. The van der Waals surface area contributed by atoms with E-state index < -0.39 is 0 Å². The quantitative estimate of drug-likeness (QED) is 0.361. The summed E-state index contributed by atoms with van der Waals surface area (Å²) in [5.74, 6) is 2.36. The monoisotopic (exact) mass is 459 g/mol. The van der Waals surface area contributed by atoms with Crippen molar-refractivity contribution in [1.29, 1.82) is 0 Å². The standard InChI is InChI=1S/C27H29N3O4/c1-32-23-16-19(17-24(33-2)26(23)34-3)13-14-25(31)28-22(15-18-9-5-4-6-10-18)27-29-20-11-7-8-12-21(20)30-27/h4-12,16-17,22H,13-15H2,1-3H3,(H,28,31)(H,29,30)/t22-/m0/s1. The molecule has 1 heterocycles. The van der Waals surface area contributed by atoms with E-state index in [2.05, 4.69) is 22.4 Å². The summed E-state index contributed by atoms with van der Waals surface area (Å²) < 4.78 is 16.2. The Bertz CT molecular complexity index is 1200. The largest absolute Gasteiger partial charge is 0.493 e. The fourth-order valence-corrected chi connectivity index (χ4v) is 4.01. The molecule has 0 unspecified atom stereocenters.